The van der Waals surface area contributed by atoms with E-state index in [1.54, 1.807) is 23.9 Å². The fourth-order valence-corrected chi connectivity index (χ4v) is 5.21. The lowest BCUT2D eigenvalue weighted by Crippen LogP contribution is -2.50. The number of nitro benzene ring substituents is 1. The van der Waals surface area contributed by atoms with Gasteiger partial charge in [-0.1, -0.05) is 56.5 Å². The van der Waals surface area contributed by atoms with E-state index in [1.807, 2.05) is 0 Å². The van der Waals surface area contributed by atoms with Gasteiger partial charge >= 0.3 is 0 Å². The van der Waals surface area contributed by atoms with Gasteiger partial charge in [0.25, 0.3) is 5.69 Å². The summed E-state index contributed by atoms with van der Waals surface area (Å²) in [5, 5.41) is 20.2. The Morgan fingerprint density at radius 3 is 2.63 bits per heavy atom. The summed E-state index contributed by atoms with van der Waals surface area (Å²) in [6.07, 6.45) is 8.36. The number of benzene rings is 1. The Bertz CT molecular complexity index is 732. The van der Waals surface area contributed by atoms with E-state index in [0.29, 0.717) is 11.5 Å². The fourth-order valence-electron chi connectivity index (χ4n) is 4.04. The number of hydrogen-bond acceptors (Lipinski definition) is 6. The van der Waals surface area contributed by atoms with Crippen molar-refractivity contribution in [2.75, 3.05) is 12.3 Å². The molecule has 7 nitrogen and oxygen atoms in total. The summed E-state index contributed by atoms with van der Waals surface area (Å²) in [5.74, 6) is 1.65. The Kier molecular flexibility index (Phi) is 8.89. The Morgan fingerprint density at radius 1 is 1.27 bits per heavy atom. The van der Waals surface area contributed by atoms with Crippen LogP contribution in [0.4, 0.5) is 5.69 Å². The van der Waals surface area contributed by atoms with Gasteiger partial charge in [-0.2, -0.15) is 0 Å². The second-order valence-electron chi connectivity index (χ2n) is 7.99. The maximum absolute atomic E-state index is 12.6. The molecule has 0 spiro atoms. The Balaban J connectivity index is 1.56. The summed E-state index contributed by atoms with van der Waals surface area (Å²) in [6.45, 7) is 1.32. The van der Waals surface area contributed by atoms with Crippen LogP contribution in [-0.4, -0.2) is 39.5 Å². The highest BCUT2D eigenvalue weighted by Gasteiger charge is 2.27. The van der Waals surface area contributed by atoms with Gasteiger partial charge in [0.1, 0.15) is 5.37 Å². The maximum Gasteiger partial charge on any atom is 0.269 e. The fraction of sp³-hybridized carbons (Fsp3) is 0.619. The van der Waals surface area contributed by atoms with Gasteiger partial charge in [0, 0.05) is 31.0 Å². The lowest BCUT2D eigenvalue weighted by molar-refractivity contribution is -0.384. The zero-order valence-corrected chi connectivity index (χ0v) is 18.7. The zero-order valence-electron chi connectivity index (χ0n) is 17.1. The molecule has 1 aliphatic carbocycles. The van der Waals surface area contributed by atoms with Crippen molar-refractivity contribution in [2.24, 2.45) is 5.92 Å². The van der Waals surface area contributed by atoms with E-state index in [0.717, 1.165) is 36.6 Å². The monoisotopic (exact) mass is 450 g/mol. The normalized spacial score (nSPS) is 20.5. The summed E-state index contributed by atoms with van der Waals surface area (Å²) in [7, 11) is 0. The van der Waals surface area contributed by atoms with E-state index in [1.165, 1.54) is 44.2 Å². The largest absolute Gasteiger partial charge is 0.374 e. The highest BCUT2D eigenvalue weighted by atomic mass is 32.2. The van der Waals surface area contributed by atoms with Crippen molar-refractivity contribution < 1.29 is 9.72 Å². The number of amides is 1. The van der Waals surface area contributed by atoms with Crippen LogP contribution in [0, 0.1) is 16.0 Å². The molecule has 1 amide bonds. The predicted molar refractivity (Wildman–Crippen MR) is 125 cm³/mol. The van der Waals surface area contributed by atoms with Crippen LogP contribution in [0.1, 0.15) is 50.5 Å². The summed E-state index contributed by atoms with van der Waals surface area (Å²) >= 11 is 7.26. The first-order chi connectivity index (χ1) is 14.5. The molecule has 0 bridgehead atoms. The Hall–Kier alpha value is -1.71. The van der Waals surface area contributed by atoms with Crippen molar-refractivity contribution in [1.29, 1.82) is 0 Å². The Labute approximate surface area is 187 Å². The number of nitrogens with zero attached hydrogens (tertiary/aromatic N) is 1. The molecule has 1 heterocycles. The third kappa shape index (κ3) is 6.92. The van der Waals surface area contributed by atoms with Crippen LogP contribution in [-0.2, 0) is 11.3 Å². The molecular weight excluding hydrogens is 420 g/mol. The molecule has 0 unspecified atom stereocenters. The molecular formula is C21H30N4O3S2. The molecule has 164 valence electrons. The number of nitro groups is 1. The minimum atomic E-state index is -0.409. The molecule has 2 aliphatic rings. The number of nitrogens with one attached hydrogen (secondary N) is 3. The molecule has 1 saturated heterocycles. The van der Waals surface area contributed by atoms with Gasteiger partial charge in [0.15, 0.2) is 0 Å². The Morgan fingerprint density at radius 2 is 2.00 bits per heavy atom. The number of carbonyl (C=O) groups excluding carboxylic acids is 1. The molecule has 9 heteroatoms. The first-order valence-electron chi connectivity index (χ1n) is 10.7. The summed E-state index contributed by atoms with van der Waals surface area (Å²) in [4.78, 5) is 23.7. The molecule has 3 N–H and O–H groups in total. The molecule has 2 atom stereocenters. The van der Waals surface area contributed by atoms with Crippen LogP contribution < -0.4 is 16.0 Å². The maximum atomic E-state index is 12.6. The van der Waals surface area contributed by atoms with Crippen LogP contribution in [0.15, 0.2) is 24.3 Å². The van der Waals surface area contributed by atoms with E-state index in [2.05, 4.69) is 16.0 Å². The first kappa shape index (κ1) is 23.0. The van der Waals surface area contributed by atoms with Gasteiger partial charge in [-0.3, -0.25) is 20.2 Å². The van der Waals surface area contributed by atoms with Gasteiger partial charge in [-0.15, -0.1) is 11.8 Å². The average molecular weight is 451 g/mol. The van der Waals surface area contributed by atoms with E-state index in [9.17, 15) is 14.9 Å². The molecule has 1 aliphatic heterocycles. The SMILES string of the molecule is O=C(N[C@H](CCC1CCCCC1)C(=S)NCc1ccc([N+](=O)[O-])cc1)[C@H]1NCCS1. The molecule has 1 aromatic rings. The second-order valence-corrected chi connectivity index (χ2v) is 9.64. The summed E-state index contributed by atoms with van der Waals surface area (Å²) in [5.41, 5.74) is 0.980. The number of non-ortho nitro benzene ring substituents is 1. The number of thioether (sulfide) groups is 1. The van der Waals surface area contributed by atoms with E-state index in [-0.39, 0.29) is 23.0 Å². The smallest absolute Gasteiger partial charge is 0.269 e. The summed E-state index contributed by atoms with van der Waals surface area (Å²) in [6, 6.07) is 6.23. The highest BCUT2D eigenvalue weighted by molar-refractivity contribution is 8.00. The quantitative estimate of drug-likeness (QED) is 0.301. The van der Waals surface area contributed by atoms with Crippen LogP contribution in [0.2, 0.25) is 0 Å². The summed E-state index contributed by atoms with van der Waals surface area (Å²) < 4.78 is 0. The van der Waals surface area contributed by atoms with Gasteiger partial charge in [-0.25, -0.2) is 0 Å². The van der Waals surface area contributed by atoms with Crippen LogP contribution >= 0.6 is 24.0 Å². The molecule has 0 radical (unpaired) electrons. The predicted octanol–water partition coefficient (Wildman–Crippen LogP) is 3.52. The number of rotatable bonds is 9. The minimum absolute atomic E-state index is 0.00868. The van der Waals surface area contributed by atoms with Gasteiger partial charge in [0.2, 0.25) is 5.91 Å². The van der Waals surface area contributed by atoms with Crippen LogP contribution in [0.5, 0.6) is 0 Å². The zero-order chi connectivity index (χ0) is 21.3. The van der Waals surface area contributed by atoms with Crippen molar-refractivity contribution in [2.45, 2.75) is 62.9 Å². The topological polar surface area (TPSA) is 96.3 Å². The van der Waals surface area contributed by atoms with Crippen molar-refractivity contribution in [3.63, 3.8) is 0 Å². The van der Waals surface area contributed by atoms with Crippen molar-refractivity contribution in [3.8, 4) is 0 Å². The molecule has 2 fully saturated rings. The van der Waals surface area contributed by atoms with Crippen LogP contribution in [0.25, 0.3) is 0 Å². The van der Waals surface area contributed by atoms with Gasteiger partial charge in [0.05, 0.1) is 16.0 Å². The molecule has 30 heavy (non-hydrogen) atoms. The average Bonchev–Trinajstić information content (AvgIpc) is 3.31. The van der Waals surface area contributed by atoms with E-state index in [4.69, 9.17) is 12.2 Å². The van der Waals surface area contributed by atoms with Crippen molar-refractivity contribution >= 4 is 40.6 Å². The number of carbonyl (C=O) groups is 1. The second kappa shape index (κ2) is 11.6. The minimum Gasteiger partial charge on any atom is -0.374 e. The first-order valence-corrected chi connectivity index (χ1v) is 12.1. The lowest BCUT2D eigenvalue weighted by atomic mass is 9.85. The van der Waals surface area contributed by atoms with E-state index >= 15 is 0 Å². The van der Waals surface area contributed by atoms with E-state index < -0.39 is 4.92 Å². The molecule has 3 rings (SSSR count). The third-order valence-corrected chi connectivity index (χ3v) is 7.37. The third-order valence-electron chi connectivity index (χ3n) is 5.79. The molecule has 1 saturated carbocycles. The lowest BCUT2D eigenvalue weighted by Gasteiger charge is -2.26. The standard InChI is InChI=1S/C21H30N4O3S2/c26-19(21-22-12-13-30-21)24-18(11-8-15-4-2-1-3-5-15)20(29)23-14-16-6-9-17(10-7-16)25(27)28/h6-7,9-10,15,18,21-22H,1-5,8,11-14H2,(H,23,29)(H,24,26)/t18-,21+/m1/s1. The number of thiocarbonyl (C=S) groups is 1. The molecule has 1 aromatic carbocycles. The van der Waals surface area contributed by atoms with Crippen molar-refractivity contribution in [1.82, 2.24) is 16.0 Å². The van der Waals surface area contributed by atoms with Crippen molar-refractivity contribution in [3.05, 3.63) is 39.9 Å². The molecule has 0 aromatic heterocycles. The van der Waals surface area contributed by atoms with Gasteiger partial charge in [-0.05, 0) is 24.3 Å². The highest BCUT2D eigenvalue weighted by Crippen LogP contribution is 2.28. The van der Waals surface area contributed by atoms with Gasteiger partial charge < -0.3 is 10.6 Å². The number of hydrogen-bond donors (Lipinski definition) is 3. The van der Waals surface area contributed by atoms with Crippen LogP contribution in [0.3, 0.4) is 0 Å².